The number of hydrogen-bond acceptors (Lipinski definition) is 2. The summed E-state index contributed by atoms with van der Waals surface area (Å²) in [5.74, 6) is 0.782. The zero-order chi connectivity index (χ0) is 14.5. The van der Waals surface area contributed by atoms with Crippen molar-refractivity contribution in [1.82, 2.24) is 5.32 Å². The maximum Gasteiger partial charge on any atom is 0.0368 e. The lowest BCUT2D eigenvalue weighted by atomic mass is 10.0. The van der Waals surface area contributed by atoms with E-state index in [0.29, 0.717) is 6.04 Å². The van der Waals surface area contributed by atoms with Gasteiger partial charge in [-0.15, -0.1) is 0 Å². The zero-order valence-electron chi connectivity index (χ0n) is 13.5. The van der Waals surface area contributed by atoms with Gasteiger partial charge in [0.2, 0.25) is 0 Å². The Bertz CT molecular complexity index is 388. The summed E-state index contributed by atoms with van der Waals surface area (Å²) in [6.45, 7) is 8.05. The van der Waals surface area contributed by atoms with Crippen molar-refractivity contribution in [2.75, 3.05) is 18.5 Å². The van der Waals surface area contributed by atoms with Crippen molar-refractivity contribution in [3.63, 3.8) is 0 Å². The van der Waals surface area contributed by atoms with Crippen molar-refractivity contribution in [2.45, 2.75) is 58.5 Å². The molecule has 1 fully saturated rings. The molecule has 2 nitrogen and oxygen atoms in total. The smallest absolute Gasteiger partial charge is 0.0368 e. The summed E-state index contributed by atoms with van der Waals surface area (Å²) in [7, 11) is 2.04. The van der Waals surface area contributed by atoms with E-state index in [4.69, 9.17) is 0 Å². The molecule has 1 unspecified atom stereocenters. The van der Waals surface area contributed by atoms with Crippen molar-refractivity contribution in [3.8, 4) is 0 Å². The highest BCUT2D eigenvalue weighted by atomic mass is 15.2. The van der Waals surface area contributed by atoms with Crippen LogP contribution in [0.25, 0.3) is 0 Å². The Morgan fingerprint density at radius 2 is 1.85 bits per heavy atom. The summed E-state index contributed by atoms with van der Waals surface area (Å²) < 4.78 is 0. The number of nitrogens with zero attached hydrogens (tertiary/aromatic N) is 1. The van der Waals surface area contributed by atoms with E-state index < -0.39 is 0 Å². The van der Waals surface area contributed by atoms with Crippen LogP contribution < -0.4 is 10.2 Å². The topological polar surface area (TPSA) is 15.3 Å². The van der Waals surface area contributed by atoms with E-state index in [-0.39, 0.29) is 0 Å². The first-order valence-corrected chi connectivity index (χ1v) is 8.19. The van der Waals surface area contributed by atoms with E-state index >= 15 is 0 Å². The quantitative estimate of drug-likeness (QED) is 0.757. The van der Waals surface area contributed by atoms with E-state index in [9.17, 15) is 0 Å². The summed E-state index contributed by atoms with van der Waals surface area (Å²) >= 11 is 0. The largest absolute Gasteiger partial charge is 0.369 e. The zero-order valence-corrected chi connectivity index (χ0v) is 13.5. The van der Waals surface area contributed by atoms with Crippen LogP contribution in [-0.4, -0.2) is 19.6 Å². The second-order valence-electron chi connectivity index (χ2n) is 6.45. The second-order valence-corrected chi connectivity index (χ2v) is 6.45. The van der Waals surface area contributed by atoms with Gasteiger partial charge in [-0.05, 0) is 56.3 Å². The van der Waals surface area contributed by atoms with Crippen molar-refractivity contribution in [1.29, 1.82) is 0 Å². The van der Waals surface area contributed by atoms with Gasteiger partial charge >= 0.3 is 0 Å². The van der Waals surface area contributed by atoms with Gasteiger partial charge in [0.1, 0.15) is 0 Å². The first-order chi connectivity index (χ1) is 9.65. The van der Waals surface area contributed by atoms with Gasteiger partial charge in [0.15, 0.2) is 0 Å². The third-order valence-electron chi connectivity index (χ3n) is 4.32. The van der Waals surface area contributed by atoms with Gasteiger partial charge in [0.05, 0.1) is 0 Å². The highest BCUT2D eigenvalue weighted by Gasteiger charge is 2.29. The lowest BCUT2D eigenvalue weighted by Crippen LogP contribution is -2.27. The van der Waals surface area contributed by atoms with Crippen LogP contribution in [0.15, 0.2) is 24.3 Å². The average Bonchev–Trinajstić information content (AvgIpc) is 3.26. The number of benzene rings is 1. The standard InChI is InChI=1S/C18H30N2/c1-5-18(19-4)15-6-8-16(9-7-15)20(17-10-11-17)13-12-14(2)3/h6-9,14,17-19H,5,10-13H2,1-4H3. The van der Waals surface area contributed by atoms with Gasteiger partial charge in [-0.1, -0.05) is 32.9 Å². The van der Waals surface area contributed by atoms with Crippen LogP contribution in [0.5, 0.6) is 0 Å². The third kappa shape index (κ3) is 3.99. The van der Waals surface area contributed by atoms with Crippen LogP contribution in [0, 0.1) is 5.92 Å². The molecule has 0 saturated heterocycles. The Morgan fingerprint density at radius 3 is 2.30 bits per heavy atom. The SMILES string of the molecule is CCC(NC)c1ccc(N(CCC(C)C)C2CC2)cc1. The van der Waals surface area contributed by atoms with Gasteiger partial charge in [0, 0.05) is 24.3 Å². The molecule has 112 valence electrons. The van der Waals surface area contributed by atoms with Crippen LogP contribution >= 0.6 is 0 Å². The third-order valence-corrected chi connectivity index (χ3v) is 4.32. The van der Waals surface area contributed by atoms with E-state index in [1.54, 1.807) is 0 Å². The van der Waals surface area contributed by atoms with Crippen LogP contribution in [-0.2, 0) is 0 Å². The van der Waals surface area contributed by atoms with Gasteiger partial charge in [0.25, 0.3) is 0 Å². The highest BCUT2D eigenvalue weighted by Crippen LogP contribution is 2.32. The molecule has 0 aliphatic heterocycles. The molecule has 2 rings (SSSR count). The van der Waals surface area contributed by atoms with E-state index in [1.165, 1.54) is 37.1 Å². The second kappa shape index (κ2) is 7.12. The number of hydrogen-bond donors (Lipinski definition) is 1. The van der Waals surface area contributed by atoms with Gasteiger partial charge in [-0.2, -0.15) is 0 Å². The Balaban J connectivity index is 2.05. The molecule has 1 aliphatic carbocycles. The summed E-state index contributed by atoms with van der Waals surface area (Å²) in [4.78, 5) is 2.62. The van der Waals surface area contributed by atoms with E-state index in [2.05, 4.69) is 55.3 Å². The van der Waals surface area contributed by atoms with Crippen LogP contribution in [0.3, 0.4) is 0 Å². The first kappa shape index (κ1) is 15.4. The first-order valence-electron chi connectivity index (χ1n) is 8.19. The maximum absolute atomic E-state index is 3.38. The average molecular weight is 274 g/mol. The van der Waals surface area contributed by atoms with Crippen LogP contribution in [0.1, 0.15) is 58.1 Å². The predicted octanol–water partition coefficient (Wildman–Crippen LogP) is 4.37. The molecule has 1 saturated carbocycles. The van der Waals surface area contributed by atoms with Crippen molar-refractivity contribution in [2.24, 2.45) is 5.92 Å². The molecule has 2 heteroatoms. The molecule has 20 heavy (non-hydrogen) atoms. The molecular weight excluding hydrogens is 244 g/mol. The molecule has 1 aromatic carbocycles. The van der Waals surface area contributed by atoms with Crippen LogP contribution in [0.4, 0.5) is 5.69 Å². The van der Waals surface area contributed by atoms with Crippen LogP contribution in [0.2, 0.25) is 0 Å². The Hall–Kier alpha value is -1.02. The lowest BCUT2D eigenvalue weighted by Gasteiger charge is -2.26. The molecular formula is C18H30N2. The molecule has 0 aromatic heterocycles. The molecule has 0 spiro atoms. The Kier molecular flexibility index (Phi) is 5.47. The summed E-state index contributed by atoms with van der Waals surface area (Å²) in [5.41, 5.74) is 2.81. The molecule has 0 bridgehead atoms. The number of nitrogens with one attached hydrogen (secondary N) is 1. The van der Waals surface area contributed by atoms with Crippen molar-refractivity contribution < 1.29 is 0 Å². The molecule has 0 radical (unpaired) electrons. The fourth-order valence-electron chi connectivity index (χ4n) is 2.81. The minimum Gasteiger partial charge on any atom is -0.369 e. The Morgan fingerprint density at radius 1 is 1.20 bits per heavy atom. The Labute approximate surface area is 124 Å². The predicted molar refractivity (Wildman–Crippen MR) is 88.4 cm³/mol. The molecule has 0 amide bonds. The molecule has 1 aromatic rings. The van der Waals surface area contributed by atoms with E-state index in [1.807, 2.05) is 7.05 Å². The molecule has 1 aliphatic rings. The van der Waals surface area contributed by atoms with Gasteiger partial charge in [-0.25, -0.2) is 0 Å². The highest BCUT2D eigenvalue weighted by molar-refractivity contribution is 5.50. The van der Waals surface area contributed by atoms with Crippen molar-refractivity contribution >= 4 is 5.69 Å². The summed E-state index contributed by atoms with van der Waals surface area (Å²) in [5, 5.41) is 3.38. The maximum atomic E-state index is 3.38. The van der Waals surface area contributed by atoms with Gasteiger partial charge < -0.3 is 10.2 Å². The molecule has 1 atom stereocenters. The number of anilines is 1. The summed E-state index contributed by atoms with van der Waals surface area (Å²) in [6, 6.07) is 10.5. The fraction of sp³-hybridized carbons (Fsp3) is 0.667. The monoisotopic (exact) mass is 274 g/mol. The lowest BCUT2D eigenvalue weighted by molar-refractivity contribution is 0.569. The fourth-order valence-corrected chi connectivity index (χ4v) is 2.81. The van der Waals surface area contributed by atoms with E-state index in [0.717, 1.165) is 18.4 Å². The number of rotatable bonds is 8. The van der Waals surface area contributed by atoms with Gasteiger partial charge in [-0.3, -0.25) is 0 Å². The minimum atomic E-state index is 0.481. The minimum absolute atomic E-state index is 0.481. The molecule has 0 heterocycles. The molecule has 1 N–H and O–H groups in total. The summed E-state index contributed by atoms with van der Waals surface area (Å²) in [6.07, 6.45) is 5.16. The van der Waals surface area contributed by atoms with Crippen molar-refractivity contribution in [3.05, 3.63) is 29.8 Å². The normalized spacial score (nSPS) is 16.4.